The molecule has 1 amide bonds. The van der Waals surface area contributed by atoms with Gasteiger partial charge in [0.25, 0.3) is 0 Å². The third-order valence-electron chi connectivity index (χ3n) is 5.17. The highest BCUT2D eigenvalue weighted by Crippen LogP contribution is 2.34. The van der Waals surface area contributed by atoms with Gasteiger partial charge in [0.15, 0.2) is 0 Å². The average Bonchev–Trinajstić information content (AvgIpc) is 2.79. The Bertz CT molecular complexity index is 990. The second-order valence-electron chi connectivity index (χ2n) is 7.16. The molecule has 1 aliphatic heterocycles. The molecule has 154 valence electrons. The molecule has 0 bridgehead atoms. The Morgan fingerprint density at radius 1 is 1.03 bits per heavy atom. The number of para-hydroxylation sites is 3. The lowest BCUT2D eigenvalue weighted by atomic mass is 9.97. The molecule has 0 unspecified atom stereocenters. The summed E-state index contributed by atoms with van der Waals surface area (Å²) in [6.07, 6.45) is 0.795. The fourth-order valence-electron chi connectivity index (χ4n) is 3.74. The lowest BCUT2D eigenvalue weighted by Crippen LogP contribution is -2.37. The van der Waals surface area contributed by atoms with E-state index in [4.69, 9.17) is 9.47 Å². The van der Waals surface area contributed by atoms with Gasteiger partial charge in [-0.25, -0.2) is 0 Å². The van der Waals surface area contributed by atoms with Crippen LogP contribution >= 0.6 is 0 Å². The second kappa shape index (κ2) is 9.46. The normalized spacial score (nSPS) is 16.1. The van der Waals surface area contributed by atoms with Gasteiger partial charge in [-0.05, 0) is 30.7 Å². The number of anilines is 1. The van der Waals surface area contributed by atoms with Crippen molar-refractivity contribution in [3.63, 3.8) is 0 Å². The first-order chi connectivity index (χ1) is 14.8. The fourth-order valence-corrected chi connectivity index (χ4v) is 3.74. The zero-order valence-electron chi connectivity index (χ0n) is 17.0. The first kappa shape index (κ1) is 20.0. The molecule has 0 saturated heterocycles. The number of nitrogens with one attached hydrogen (secondary N) is 2. The Morgan fingerprint density at radius 3 is 2.60 bits per heavy atom. The number of amides is 1. The molecule has 0 fully saturated rings. The maximum atomic E-state index is 13.4. The third kappa shape index (κ3) is 4.47. The molecule has 1 aliphatic rings. The summed E-state index contributed by atoms with van der Waals surface area (Å²) < 4.78 is 11.5. The van der Waals surface area contributed by atoms with Crippen LogP contribution in [-0.2, 0) is 4.79 Å². The predicted molar refractivity (Wildman–Crippen MR) is 118 cm³/mol. The quantitative estimate of drug-likeness (QED) is 0.591. The van der Waals surface area contributed by atoms with Gasteiger partial charge < -0.3 is 14.8 Å². The van der Waals surface area contributed by atoms with Crippen LogP contribution in [0.4, 0.5) is 5.69 Å². The molecule has 1 heterocycles. The molecule has 2 N–H and O–H groups in total. The van der Waals surface area contributed by atoms with Crippen LogP contribution in [0.2, 0.25) is 0 Å². The molecule has 0 radical (unpaired) electrons. The lowest BCUT2D eigenvalue weighted by Gasteiger charge is -2.30. The van der Waals surface area contributed by atoms with Crippen molar-refractivity contribution in [2.75, 3.05) is 18.5 Å². The monoisotopic (exact) mass is 402 g/mol. The van der Waals surface area contributed by atoms with Gasteiger partial charge in [0.1, 0.15) is 17.5 Å². The molecular weight excluding hydrogens is 376 g/mol. The average molecular weight is 402 g/mol. The van der Waals surface area contributed by atoms with Crippen LogP contribution in [0.25, 0.3) is 0 Å². The summed E-state index contributed by atoms with van der Waals surface area (Å²) in [5, 5.41) is 6.62. The first-order valence-electron chi connectivity index (χ1n) is 10.3. The summed E-state index contributed by atoms with van der Waals surface area (Å²) >= 11 is 0. The SMILES string of the molecule is CCOc1ccccc1NC(=O)[C@@H](N[C@@H]1CCOc2ccccc21)c1ccccc1. The highest BCUT2D eigenvalue weighted by atomic mass is 16.5. The molecule has 3 aromatic carbocycles. The number of carbonyl (C=O) groups excluding carboxylic acids is 1. The molecule has 4 rings (SSSR count). The molecule has 0 saturated carbocycles. The summed E-state index contributed by atoms with van der Waals surface area (Å²) in [7, 11) is 0. The molecule has 5 nitrogen and oxygen atoms in total. The van der Waals surface area contributed by atoms with Crippen molar-refractivity contribution in [2.24, 2.45) is 0 Å². The van der Waals surface area contributed by atoms with E-state index in [-0.39, 0.29) is 11.9 Å². The predicted octanol–water partition coefficient (Wildman–Crippen LogP) is 4.88. The van der Waals surface area contributed by atoms with Crippen molar-refractivity contribution >= 4 is 11.6 Å². The third-order valence-corrected chi connectivity index (χ3v) is 5.17. The Labute approximate surface area is 177 Å². The minimum Gasteiger partial charge on any atom is -0.493 e. The van der Waals surface area contributed by atoms with Crippen LogP contribution in [0.5, 0.6) is 11.5 Å². The standard InChI is InChI=1S/C25H26N2O3/c1-2-29-23-15-9-7-13-21(23)27-25(28)24(18-10-4-3-5-11-18)26-20-16-17-30-22-14-8-6-12-19(20)22/h3-15,20,24,26H,2,16-17H2,1H3,(H,27,28)/t20-,24+/m1/s1. The van der Waals surface area contributed by atoms with E-state index in [0.717, 1.165) is 23.3 Å². The van der Waals surface area contributed by atoms with Gasteiger partial charge in [0, 0.05) is 18.0 Å². The highest BCUT2D eigenvalue weighted by molar-refractivity contribution is 5.96. The molecule has 2 atom stereocenters. The minimum absolute atomic E-state index is 0.0213. The van der Waals surface area contributed by atoms with E-state index >= 15 is 0 Å². The molecule has 0 aromatic heterocycles. The van der Waals surface area contributed by atoms with Gasteiger partial charge in [-0.15, -0.1) is 0 Å². The van der Waals surface area contributed by atoms with Crippen LogP contribution in [0.1, 0.15) is 36.6 Å². The van der Waals surface area contributed by atoms with Crippen LogP contribution in [-0.4, -0.2) is 19.1 Å². The smallest absolute Gasteiger partial charge is 0.246 e. The molecule has 0 spiro atoms. The number of carbonyl (C=O) groups is 1. The topological polar surface area (TPSA) is 59.6 Å². The molecule has 30 heavy (non-hydrogen) atoms. The van der Waals surface area contributed by atoms with Crippen molar-refractivity contribution in [3.05, 3.63) is 90.0 Å². The Kier molecular flexibility index (Phi) is 6.30. The largest absolute Gasteiger partial charge is 0.493 e. The Balaban J connectivity index is 1.61. The number of hydrogen-bond acceptors (Lipinski definition) is 4. The first-order valence-corrected chi connectivity index (χ1v) is 10.3. The maximum Gasteiger partial charge on any atom is 0.246 e. The van der Waals surface area contributed by atoms with Gasteiger partial charge in [-0.1, -0.05) is 60.7 Å². The Hall–Kier alpha value is -3.31. The molecule has 3 aromatic rings. The van der Waals surface area contributed by atoms with Crippen molar-refractivity contribution in [1.82, 2.24) is 5.32 Å². The van der Waals surface area contributed by atoms with Gasteiger partial charge in [0.2, 0.25) is 5.91 Å². The maximum absolute atomic E-state index is 13.4. The van der Waals surface area contributed by atoms with Gasteiger partial charge in [0.05, 0.1) is 18.9 Å². The van der Waals surface area contributed by atoms with E-state index in [1.165, 1.54) is 0 Å². The van der Waals surface area contributed by atoms with Crippen molar-refractivity contribution in [2.45, 2.75) is 25.4 Å². The van der Waals surface area contributed by atoms with Gasteiger partial charge >= 0.3 is 0 Å². The van der Waals surface area contributed by atoms with Crippen LogP contribution in [0, 0.1) is 0 Å². The number of fused-ring (bicyclic) bond motifs is 1. The molecular formula is C25H26N2O3. The summed E-state index contributed by atoms with van der Waals surface area (Å²) in [6.45, 7) is 3.08. The second-order valence-corrected chi connectivity index (χ2v) is 7.16. The van der Waals surface area contributed by atoms with Crippen LogP contribution < -0.4 is 20.1 Å². The van der Waals surface area contributed by atoms with Crippen LogP contribution in [0.3, 0.4) is 0 Å². The van der Waals surface area contributed by atoms with E-state index in [0.29, 0.717) is 24.7 Å². The minimum atomic E-state index is -0.517. The zero-order chi connectivity index (χ0) is 20.8. The molecule has 5 heteroatoms. The summed E-state index contributed by atoms with van der Waals surface area (Å²) in [5.41, 5.74) is 2.65. The summed E-state index contributed by atoms with van der Waals surface area (Å²) in [6, 6.07) is 24.8. The number of rotatable bonds is 7. The lowest BCUT2D eigenvalue weighted by molar-refractivity contribution is -0.118. The Morgan fingerprint density at radius 2 is 1.77 bits per heavy atom. The van der Waals surface area contributed by atoms with Crippen LogP contribution in [0.15, 0.2) is 78.9 Å². The highest BCUT2D eigenvalue weighted by Gasteiger charge is 2.28. The summed E-state index contributed by atoms with van der Waals surface area (Å²) in [4.78, 5) is 13.4. The number of ether oxygens (including phenoxy) is 2. The van der Waals surface area contributed by atoms with Crippen molar-refractivity contribution in [1.29, 1.82) is 0 Å². The summed E-state index contributed by atoms with van der Waals surface area (Å²) in [5.74, 6) is 1.41. The zero-order valence-corrected chi connectivity index (χ0v) is 17.0. The van der Waals surface area contributed by atoms with Gasteiger partial charge in [-0.2, -0.15) is 0 Å². The van der Waals surface area contributed by atoms with Gasteiger partial charge in [-0.3, -0.25) is 10.1 Å². The van der Waals surface area contributed by atoms with Crippen molar-refractivity contribution in [3.8, 4) is 11.5 Å². The molecule has 0 aliphatic carbocycles. The van der Waals surface area contributed by atoms with E-state index in [2.05, 4.69) is 16.7 Å². The van der Waals surface area contributed by atoms with E-state index in [9.17, 15) is 4.79 Å². The van der Waals surface area contributed by atoms with E-state index in [1.54, 1.807) is 0 Å². The fraction of sp³-hybridized carbons (Fsp3) is 0.240. The van der Waals surface area contributed by atoms with E-state index < -0.39 is 6.04 Å². The number of hydrogen-bond donors (Lipinski definition) is 2. The number of benzene rings is 3. The van der Waals surface area contributed by atoms with E-state index in [1.807, 2.05) is 79.7 Å². The van der Waals surface area contributed by atoms with Crippen molar-refractivity contribution < 1.29 is 14.3 Å².